The summed E-state index contributed by atoms with van der Waals surface area (Å²) >= 11 is 0. The average molecular weight is 412 g/mol. The zero-order valence-corrected chi connectivity index (χ0v) is 17.6. The molecule has 0 atom stereocenters. The summed E-state index contributed by atoms with van der Waals surface area (Å²) in [6, 6.07) is 16.6. The van der Waals surface area contributed by atoms with Gasteiger partial charge in [0.2, 0.25) is 16.0 Å². The van der Waals surface area contributed by atoms with Crippen LogP contribution < -0.4 is 14.9 Å². The molecule has 0 saturated heterocycles. The van der Waals surface area contributed by atoms with Crippen molar-refractivity contribution in [1.29, 1.82) is 0 Å². The number of benzene rings is 2. The van der Waals surface area contributed by atoms with Gasteiger partial charge in [-0.15, -0.1) is 0 Å². The highest BCUT2D eigenvalue weighted by Gasteiger charge is 2.12. The SMILES string of the molecule is CCN(Cc1ccccc1C)c1ccnc(Nc2ccc(S(=O)(=O)NC)cc2)n1. The smallest absolute Gasteiger partial charge is 0.240 e. The molecule has 152 valence electrons. The van der Waals surface area contributed by atoms with Gasteiger partial charge in [0.15, 0.2) is 0 Å². The first-order valence-electron chi connectivity index (χ1n) is 9.36. The molecule has 0 radical (unpaired) electrons. The lowest BCUT2D eigenvalue weighted by atomic mass is 10.1. The zero-order chi connectivity index (χ0) is 20.9. The molecule has 2 aromatic carbocycles. The summed E-state index contributed by atoms with van der Waals surface area (Å²) in [7, 11) is -2.07. The predicted octanol–water partition coefficient (Wildman–Crippen LogP) is 3.46. The maximum absolute atomic E-state index is 11.8. The molecule has 3 rings (SSSR count). The Kier molecular flexibility index (Phi) is 6.46. The number of hydrogen-bond donors (Lipinski definition) is 2. The van der Waals surface area contributed by atoms with Crippen LogP contribution in [0.15, 0.2) is 65.7 Å². The zero-order valence-electron chi connectivity index (χ0n) is 16.8. The molecular weight excluding hydrogens is 386 g/mol. The Hall–Kier alpha value is -2.97. The molecule has 29 heavy (non-hydrogen) atoms. The quantitative estimate of drug-likeness (QED) is 0.590. The lowest BCUT2D eigenvalue weighted by Gasteiger charge is -2.23. The number of aryl methyl sites for hydroxylation is 1. The molecule has 1 aromatic heterocycles. The van der Waals surface area contributed by atoms with Gasteiger partial charge in [0.1, 0.15) is 5.82 Å². The Bertz CT molecular complexity index is 1070. The largest absolute Gasteiger partial charge is 0.352 e. The highest BCUT2D eigenvalue weighted by molar-refractivity contribution is 7.89. The number of aromatic nitrogens is 2. The summed E-state index contributed by atoms with van der Waals surface area (Å²) in [5.41, 5.74) is 3.21. The fraction of sp³-hybridized carbons (Fsp3) is 0.238. The van der Waals surface area contributed by atoms with Crippen LogP contribution in [-0.2, 0) is 16.6 Å². The summed E-state index contributed by atoms with van der Waals surface area (Å²) in [6.07, 6.45) is 1.71. The van der Waals surface area contributed by atoms with E-state index in [4.69, 9.17) is 0 Å². The topological polar surface area (TPSA) is 87.2 Å². The van der Waals surface area contributed by atoms with Crippen molar-refractivity contribution in [3.63, 3.8) is 0 Å². The number of hydrogen-bond acceptors (Lipinski definition) is 6. The van der Waals surface area contributed by atoms with Gasteiger partial charge in [-0.1, -0.05) is 24.3 Å². The molecule has 2 N–H and O–H groups in total. The van der Waals surface area contributed by atoms with Crippen LogP contribution in [0.3, 0.4) is 0 Å². The van der Waals surface area contributed by atoms with E-state index in [9.17, 15) is 8.42 Å². The van der Waals surface area contributed by atoms with Crippen LogP contribution in [0.25, 0.3) is 0 Å². The van der Waals surface area contributed by atoms with Gasteiger partial charge >= 0.3 is 0 Å². The van der Waals surface area contributed by atoms with E-state index < -0.39 is 10.0 Å². The van der Waals surface area contributed by atoms with Crippen molar-refractivity contribution in [3.05, 3.63) is 71.9 Å². The molecule has 8 heteroatoms. The fourth-order valence-electron chi connectivity index (χ4n) is 2.90. The van der Waals surface area contributed by atoms with Gasteiger partial charge in [0.25, 0.3) is 0 Å². The molecular formula is C21H25N5O2S. The van der Waals surface area contributed by atoms with Crippen LogP contribution in [0.4, 0.5) is 17.5 Å². The van der Waals surface area contributed by atoms with Crippen molar-refractivity contribution < 1.29 is 8.42 Å². The average Bonchev–Trinajstić information content (AvgIpc) is 2.74. The van der Waals surface area contributed by atoms with Crippen LogP contribution in [0.1, 0.15) is 18.1 Å². The van der Waals surface area contributed by atoms with E-state index in [1.165, 1.54) is 30.3 Å². The van der Waals surface area contributed by atoms with Gasteiger partial charge in [0, 0.05) is 25.0 Å². The van der Waals surface area contributed by atoms with E-state index in [1.54, 1.807) is 18.3 Å². The minimum Gasteiger partial charge on any atom is -0.352 e. The normalized spacial score (nSPS) is 11.3. The van der Waals surface area contributed by atoms with Crippen LogP contribution in [0.5, 0.6) is 0 Å². The third-order valence-corrected chi connectivity index (χ3v) is 6.09. The number of anilines is 3. The maximum Gasteiger partial charge on any atom is 0.240 e. The van der Waals surface area contributed by atoms with Crippen molar-refractivity contribution in [2.45, 2.75) is 25.3 Å². The lowest BCUT2D eigenvalue weighted by molar-refractivity contribution is 0.588. The Balaban J connectivity index is 1.77. The molecule has 0 aliphatic heterocycles. The fourth-order valence-corrected chi connectivity index (χ4v) is 3.63. The number of rotatable bonds is 8. The molecule has 0 fully saturated rings. The predicted molar refractivity (Wildman–Crippen MR) is 116 cm³/mol. The Morgan fingerprint density at radius 1 is 1.03 bits per heavy atom. The highest BCUT2D eigenvalue weighted by atomic mass is 32.2. The van der Waals surface area contributed by atoms with Gasteiger partial charge in [-0.25, -0.2) is 18.1 Å². The first kappa shape index (κ1) is 20.8. The van der Waals surface area contributed by atoms with Crippen molar-refractivity contribution in [1.82, 2.24) is 14.7 Å². The summed E-state index contributed by atoms with van der Waals surface area (Å²) in [5.74, 6) is 1.28. The minimum absolute atomic E-state index is 0.204. The van der Waals surface area contributed by atoms with E-state index in [0.717, 1.165) is 18.9 Å². The molecule has 1 heterocycles. The van der Waals surface area contributed by atoms with E-state index in [0.29, 0.717) is 11.6 Å². The molecule has 0 spiro atoms. The molecule has 0 saturated carbocycles. The first-order valence-corrected chi connectivity index (χ1v) is 10.8. The third-order valence-electron chi connectivity index (χ3n) is 4.66. The van der Waals surface area contributed by atoms with E-state index in [-0.39, 0.29) is 4.90 Å². The number of nitrogens with zero attached hydrogens (tertiary/aromatic N) is 3. The molecule has 7 nitrogen and oxygen atoms in total. The van der Waals surface area contributed by atoms with Gasteiger partial charge in [-0.05, 0) is 62.4 Å². The summed E-state index contributed by atoms with van der Waals surface area (Å²) < 4.78 is 26.0. The molecule has 0 amide bonds. The molecule has 0 aliphatic rings. The van der Waals surface area contributed by atoms with Crippen molar-refractivity contribution in [2.24, 2.45) is 0 Å². The van der Waals surface area contributed by atoms with Gasteiger partial charge in [-0.2, -0.15) is 4.98 Å². The standard InChI is InChI=1S/C21H25N5O2S/c1-4-26(15-17-8-6-5-7-16(17)2)20-13-14-23-21(25-20)24-18-9-11-19(12-10-18)29(27,28)22-3/h5-14,22H,4,15H2,1-3H3,(H,23,24,25). The Morgan fingerprint density at radius 3 is 2.41 bits per heavy atom. The van der Waals surface area contributed by atoms with Gasteiger partial charge in [0.05, 0.1) is 4.90 Å². The summed E-state index contributed by atoms with van der Waals surface area (Å²) in [6.45, 7) is 5.76. The lowest BCUT2D eigenvalue weighted by Crippen LogP contribution is -2.23. The van der Waals surface area contributed by atoms with Crippen molar-refractivity contribution in [2.75, 3.05) is 23.8 Å². The highest BCUT2D eigenvalue weighted by Crippen LogP contribution is 2.20. The summed E-state index contributed by atoms with van der Waals surface area (Å²) in [4.78, 5) is 11.3. The van der Waals surface area contributed by atoms with Crippen molar-refractivity contribution in [3.8, 4) is 0 Å². The van der Waals surface area contributed by atoms with Crippen LogP contribution in [0.2, 0.25) is 0 Å². The third kappa shape index (κ3) is 5.10. The summed E-state index contributed by atoms with van der Waals surface area (Å²) in [5, 5.41) is 3.13. The van der Waals surface area contributed by atoms with Gasteiger partial charge in [-0.3, -0.25) is 0 Å². The monoisotopic (exact) mass is 411 g/mol. The Labute approximate surface area is 171 Å². The number of sulfonamides is 1. The molecule has 0 aliphatic carbocycles. The second-order valence-electron chi connectivity index (χ2n) is 6.54. The van der Waals surface area contributed by atoms with Crippen LogP contribution >= 0.6 is 0 Å². The minimum atomic E-state index is -3.46. The maximum atomic E-state index is 11.8. The second kappa shape index (κ2) is 9.02. The molecule has 0 unspecified atom stereocenters. The van der Waals surface area contributed by atoms with E-state index >= 15 is 0 Å². The van der Waals surface area contributed by atoms with Crippen molar-refractivity contribution >= 4 is 27.5 Å². The van der Waals surface area contributed by atoms with Crippen LogP contribution in [-0.4, -0.2) is 32.0 Å². The van der Waals surface area contributed by atoms with Gasteiger partial charge < -0.3 is 10.2 Å². The Morgan fingerprint density at radius 2 is 1.76 bits per heavy atom. The number of nitrogens with one attached hydrogen (secondary N) is 2. The van der Waals surface area contributed by atoms with E-state index in [1.807, 2.05) is 18.2 Å². The molecule has 3 aromatic rings. The molecule has 0 bridgehead atoms. The first-order chi connectivity index (χ1) is 13.9. The second-order valence-corrected chi connectivity index (χ2v) is 8.42. The van der Waals surface area contributed by atoms with E-state index in [2.05, 4.69) is 50.9 Å². The van der Waals surface area contributed by atoms with Crippen LogP contribution in [0, 0.1) is 6.92 Å².